The van der Waals surface area contributed by atoms with E-state index in [2.05, 4.69) is 12.2 Å². The summed E-state index contributed by atoms with van der Waals surface area (Å²) in [6.45, 7) is 3.41. The fraction of sp³-hybridized carbons (Fsp3) is 0.455. The smallest absolute Gasteiger partial charge is 0.160 e. The number of hydrogen-bond acceptors (Lipinski definition) is 2. The summed E-state index contributed by atoms with van der Waals surface area (Å²) in [6.07, 6.45) is 0.913. The molecule has 0 aliphatic carbocycles. The topological polar surface area (TPSA) is 38.0 Å². The van der Waals surface area contributed by atoms with Gasteiger partial charge in [-0.3, -0.25) is 0 Å². The van der Waals surface area contributed by atoms with Crippen molar-refractivity contribution in [3.8, 4) is 0 Å². The van der Waals surface area contributed by atoms with Gasteiger partial charge in [0.2, 0.25) is 0 Å². The first-order chi connectivity index (χ1) is 7.13. The van der Waals surface area contributed by atoms with Crippen molar-refractivity contribution in [3.63, 3.8) is 0 Å². The van der Waals surface area contributed by atoms with Crippen molar-refractivity contribution in [2.75, 3.05) is 18.4 Å². The molecule has 0 bridgehead atoms. The van der Waals surface area contributed by atoms with Crippen molar-refractivity contribution in [1.82, 2.24) is 0 Å². The molecule has 84 valence electrons. The summed E-state index contributed by atoms with van der Waals surface area (Å²) in [5.41, 5.74) is 6.00. The first kappa shape index (κ1) is 11.9. The molecule has 0 aromatic heterocycles. The predicted molar refractivity (Wildman–Crippen MR) is 57.7 cm³/mol. The summed E-state index contributed by atoms with van der Waals surface area (Å²) in [6, 6.07) is 3.79. The highest BCUT2D eigenvalue weighted by atomic mass is 19.2. The minimum absolute atomic E-state index is 0.420. The normalized spacial score (nSPS) is 12.5. The van der Waals surface area contributed by atoms with E-state index in [0.717, 1.165) is 18.6 Å². The summed E-state index contributed by atoms with van der Waals surface area (Å²) in [4.78, 5) is 0. The third-order valence-corrected chi connectivity index (χ3v) is 2.23. The van der Waals surface area contributed by atoms with Gasteiger partial charge in [-0.2, -0.15) is 0 Å². The minimum atomic E-state index is -0.827. The van der Waals surface area contributed by atoms with Crippen LogP contribution in [0, 0.1) is 17.6 Å². The molecule has 0 radical (unpaired) electrons. The zero-order valence-corrected chi connectivity index (χ0v) is 8.76. The lowest BCUT2D eigenvalue weighted by molar-refractivity contribution is 0.508. The lowest BCUT2D eigenvalue weighted by Crippen LogP contribution is -2.15. The molecule has 0 aliphatic heterocycles. The quantitative estimate of drug-likeness (QED) is 0.789. The molecule has 1 atom stereocenters. The van der Waals surface area contributed by atoms with Crippen molar-refractivity contribution >= 4 is 5.69 Å². The van der Waals surface area contributed by atoms with Crippen LogP contribution < -0.4 is 11.1 Å². The molecule has 1 unspecified atom stereocenters. The molecule has 3 N–H and O–H groups in total. The average molecular weight is 214 g/mol. The molecule has 4 heteroatoms. The Morgan fingerprint density at radius 2 is 2.07 bits per heavy atom. The van der Waals surface area contributed by atoms with Crippen molar-refractivity contribution in [2.24, 2.45) is 11.7 Å². The molecule has 0 spiro atoms. The third kappa shape index (κ3) is 3.83. The van der Waals surface area contributed by atoms with Crippen LogP contribution in [0.1, 0.15) is 13.3 Å². The zero-order chi connectivity index (χ0) is 11.3. The third-order valence-electron chi connectivity index (χ3n) is 2.23. The van der Waals surface area contributed by atoms with Crippen LogP contribution in [0.4, 0.5) is 14.5 Å². The molecule has 0 aliphatic rings. The van der Waals surface area contributed by atoms with Crippen LogP contribution in [0.2, 0.25) is 0 Å². The van der Waals surface area contributed by atoms with E-state index in [4.69, 9.17) is 5.73 Å². The summed E-state index contributed by atoms with van der Waals surface area (Å²) in [7, 11) is 0. The molecule has 0 fully saturated rings. The minimum Gasteiger partial charge on any atom is -0.385 e. The van der Waals surface area contributed by atoms with Crippen LogP contribution in [-0.4, -0.2) is 13.1 Å². The fourth-order valence-electron chi connectivity index (χ4n) is 1.28. The molecule has 15 heavy (non-hydrogen) atoms. The molecule has 1 aromatic rings. The molecule has 0 heterocycles. The van der Waals surface area contributed by atoms with Crippen LogP contribution in [-0.2, 0) is 0 Å². The molecule has 0 saturated carbocycles. The highest BCUT2D eigenvalue weighted by molar-refractivity contribution is 5.43. The Labute approximate surface area is 88.5 Å². The molecule has 0 amide bonds. The van der Waals surface area contributed by atoms with Gasteiger partial charge in [-0.25, -0.2) is 8.78 Å². The fourth-order valence-corrected chi connectivity index (χ4v) is 1.28. The maximum atomic E-state index is 12.8. The van der Waals surface area contributed by atoms with Gasteiger partial charge in [0, 0.05) is 12.2 Å². The van der Waals surface area contributed by atoms with Crippen LogP contribution in [0.15, 0.2) is 18.2 Å². The number of halogens is 2. The lowest BCUT2D eigenvalue weighted by atomic mass is 10.1. The van der Waals surface area contributed by atoms with Crippen LogP contribution in [0.5, 0.6) is 0 Å². The van der Waals surface area contributed by atoms with Gasteiger partial charge in [0.05, 0.1) is 0 Å². The van der Waals surface area contributed by atoms with E-state index in [9.17, 15) is 8.78 Å². The highest BCUT2D eigenvalue weighted by Gasteiger charge is 2.04. The second kappa shape index (κ2) is 5.66. The molecular weight excluding hydrogens is 198 g/mol. The maximum Gasteiger partial charge on any atom is 0.160 e. The molecular formula is C11H16F2N2. The predicted octanol–water partition coefficient (Wildman–Crippen LogP) is 2.36. The van der Waals surface area contributed by atoms with Crippen LogP contribution >= 0.6 is 0 Å². The Kier molecular flexibility index (Phi) is 4.49. The van der Waals surface area contributed by atoms with E-state index in [-0.39, 0.29) is 0 Å². The Morgan fingerprint density at radius 3 is 2.67 bits per heavy atom. The number of rotatable bonds is 5. The van der Waals surface area contributed by atoms with E-state index in [1.165, 1.54) is 6.07 Å². The summed E-state index contributed by atoms with van der Waals surface area (Å²) in [5.74, 6) is -1.23. The van der Waals surface area contributed by atoms with Crippen LogP contribution in [0.3, 0.4) is 0 Å². The molecule has 0 saturated heterocycles. The first-order valence-corrected chi connectivity index (χ1v) is 5.02. The summed E-state index contributed by atoms with van der Waals surface area (Å²) < 4.78 is 25.4. The largest absolute Gasteiger partial charge is 0.385 e. The number of nitrogens with two attached hydrogens (primary N) is 1. The first-order valence-electron chi connectivity index (χ1n) is 5.02. The molecule has 1 rings (SSSR count). The molecule has 1 aromatic carbocycles. The van der Waals surface area contributed by atoms with Gasteiger partial charge in [-0.05, 0) is 37.1 Å². The number of hydrogen-bond donors (Lipinski definition) is 2. The Bertz CT molecular complexity index is 315. The second-order valence-corrected chi connectivity index (χ2v) is 3.69. The van der Waals surface area contributed by atoms with Crippen molar-refractivity contribution in [2.45, 2.75) is 13.3 Å². The standard InChI is InChI=1S/C11H16F2N2/c1-8(4-5-14)7-15-9-2-3-10(12)11(13)6-9/h2-3,6,8,15H,4-5,7,14H2,1H3. The van der Waals surface area contributed by atoms with Crippen molar-refractivity contribution < 1.29 is 8.78 Å². The monoisotopic (exact) mass is 214 g/mol. The Balaban J connectivity index is 2.47. The number of anilines is 1. The van der Waals surface area contributed by atoms with E-state index < -0.39 is 11.6 Å². The summed E-state index contributed by atoms with van der Waals surface area (Å²) >= 11 is 0. The van der Waals surface area contributed by atoms with Gasteiger partial charge in [-0.1, -0.05) is 6.92 Å². The van der Waals surface area contributed by atoms with Crippen molar-refractivity contribution in [1.29, 1.82) is 0 Å². The van der Waals surface area contributed by atoms with E-state index in [1.807, 2.05) is 0 Å². The lowest BCUT2D eigenvalue weighted by Gasteiger charge is -2.12. The molecule has 2 nitrogen and oxygen atoms in total. The zero-order valence-electron chi connectivity index (χ0n) is 8.76. The van der Waals surface area contributed by atoms with Gasteiger partial charge >= 0.3 is 0 Å². The Morgan fingerprint density at radius 1 is 1.33 bits per heavy atom. The SMILES string of the molecule is CC(CCN)CNc1ccc(F)c(F)c1. The second-order valence-electron chi connectivity index (χ2n) is 3.69. The van der Waals surface area contributed by atoms with E-state index in [0.29, 0.717) is 24.7 Å². The van der Waals surface area contributed by atoms with Gasteiger partial charge < -0.3 is 11.1 Å². The number of nitrogens with one attached hydrogen (secondary N) is 1. The van der Waals surface area contributed by atoms with Crippen molar-refractivity contribution in [3.05, 3.63) is 29.8 Å². The van der Waals surface area contributed by atoms with Gasteiger partial charge in [0.1, 0.15) is 0 Å². The highest BCUT2D eigenvalue weighted by Crippen LogP contribution is 2.13. The van der Waals surface area contributed by atoms with Crippen LogP contribution in [0.25, 0.3) is 0 Å². The summed E-state index contributed by atoms with van der Waals surface area (Å²) in [5, 5.41) is 3.04. The number of benzene rings is 1. The maximum absolute atomic E-state index is 12.8. The average Bonchev–Trinajstić information content (AvgIpc) is 2.20. The van der Waals surface area contributed by atoms with E-state index >= 15 is 0 Å². The van der Waals surface area contributed by atoms with E-state index in [1.54, 1.807) is 0 Å². The van der Waals surface area contributed by atoms with Gasteiger partial charge in [0.25, 0.3) is 0 Å². The van der Waals surface area contributed by atoms with Gasteiger partial charge in [0.15, 0.2) is 11.6 Å². The van der Waals surface area contributed by atoms with Gasteiger partial charge in [-0.15, -0.1) is 0 Å². The Hall–Kier alpha value is -1.16.